The van der Waals surface area contributed by atoms with E-state index in [-0.39, 0.29) is 5.75 Å². The second-order valence-corrected chi connectivity index (χ2v) is 3.42. The van der Waals surface area contributed by atoms with Gasteiger partial charge < -0.3 is 5.11 Å². The largest absolute Gasteiger partial charge is 0.508 e. The van der Waals surface area contributed by atoms with Crippen molar-refractivity contribution < 1.29 is 14.9 Å². The third kappa shape index (κ3) is 1.59. The monoisotopic (exact) mass is 195 g/mol. The molecule has 14 heavy (non-hydrogen) atoms. The summed E-state index contributed by atoms with van der Waals surface area (Å²) in [6, 6.07) is 6.87. The normalized spacial score (nSPS) is 27.5. The Morgan fingerprint density at radius 2 is 2.14 bits per heavy atom. The molecule has 1 aliphatic rings. The molecule has 0 aromatic heterocycles. The fraction of sp³-hybridized carbons (Fsp3) is 0.400. The standard InChI is InChI=1S/C10H13NO3/c11-10(6-3-7-13-14-10)8-4-1-2-5-9(8)12/h1-2,4-5,12H,3,6-7,11H2. The van der Waals surface area contributed by atoms with Crippen LogP contribution in [0.15, 0.2) is 24.3 Å². The number of hydrogen-bond donors (Lipinski definition) is 2. The lowest BCUT2D eigenvalue weighted by Crippen LogP contribution is -2.42. The predicted molar refractivity (Wildman–Crippen MR) is 50.2 cm³/mol. The molecular weight excluding hydrogens is 182 g/mol. The van der Waals surface area contributed by atoms with Crippen LogP contribution in [0.4, 0.5) is 0 Å². The molecule has 76 valence electrons. The topological polar surface area (TPSA) is 64.7 Å². The Hall–Kier alpha value is -1.10. The molecule has 1 aromatic carbocycles. The van der Waals surface area contributed by atoms with Gasteiger partial charge in [0.25, 0.3) is 0 Å². The molecule has 1 aliphatic heterocycles. The zero-order valence-corrected chi connectivity index (χ0v) is 7.77. The zero-order valence-electron chi connectivity index (χ0n) is 7.77. The van der Waals surface area contributed by atoms with Gasteiger partial charge in [-0.1, -0.05) is 18.2 Å². The number of nitrogens with two attached hydrogens (primary N) is 1. The van der Waals surface area contributed by atoms with Crippen LogP contribution in [0.2, 0.25) is 0 Å². The van der Waals surface area contributed by atoms with Gasteiger partial charge in [0.1, 0.15) is 5.75 Å². The van der Waals surface area contributed by atoms with Gasteiger partial charge in [0.15, 0.2) is 5.72 Å². The highest BCUT2D eigenvalue weighted by Gasteiger charge is 2.34. The third-order valence-electron chi connectivity index (χ3n) is 2.34. The number of rotatable bonds is 1. The van der Waals surface area contributed by atoms with Crippen molar-refractivity contribution in [3.8, 4) is 5.75 Å². The average Bonchev–Trinajstić information content (AvgIpc) is 2.19. The molecule has 4 nitrogen and oxygen atoms in total. The number of phenols is 1. The molecule has 1 atom stereocenters. The van der Waals surface area contributed by atoms with E-state index in [4.69, 9.17) is 15.5 Å². The van der Waals surface area contributed by atoms with Crippen molar-refractivity contribution in [3.63, 3.8) is 0 Å². The molecule has 2 rings (SSSR count). The summed E-state index contributed by atoms with van der Waals surface area (Å²) in [6.07, 6.45) is 1.47. The molecule has 4 heteroatoms. The first-order valence-corrected chi connectivity index (χ1v) is 4.60. The fourth-order valence-corrected chi connectivity index (χ4v) is 1.59. The van der Waals surface area contributed by atoms with Crippen molar-refractivity contribution in [3.05, 3.63) is 29.8 Å². The van der Waals surface area contributed by atoms with E-state index in [1.807, 2.05) is 6.07 Å². The van der Waals surface area contributed by atoms with E-state index in [2.05, 4.69) is 0 Å². The minimum absolute atomic E-state index is 0.139. The summed E-state index contributed by atoms with van der Waals surface area (Å²) in [6.45, 7) is 0.548. The van der Waals surface area contributed by atoms with Crippen LogP contribution in [-0.2, 0) is 15.5 Å². The van der Waals surface area contributed by atoms with Gasteiger partial charge in [-0.15, -0.1) is 0 Å². The molecule has 1 unspecified atom stereocenters. The number of hydrogen-bond acceptors (Lipinski definition) is 4. The summed E-state index contributed by atoms with van der Waals surface area (Å²) >= 11 is 0. The first-order chi connectivity index (χ1) is 6.72. The Balaban J connectivity index is 2.32. The molecule has 1 aromatic rings. The Morgan fingerprint density at radius 1 is 1.36 bits per heavy atom. The van der Waals surface area contributed by atoms with Crippen LogP contribution in [0.25, 0.3) is 0 Å². The van der Waals surface area contributed by atoms with E-state index in [0.717, 1.165) is 6.42 Å². The molecule has 1 saturated heterocycles. The molecule has 0 amide bonds. The molecule has 0 saturated carbocycles. The highest BCUT2D eigenvalue weighted by atomic mass is 17.2. The van der Waals surface area contributed by atoms with Crippen molar-refractivity contribution in [2.24, 2.45) is 5.73 Å². The van der Waals surface area contributed by atoms with E-state index in [1.54, 1.807) is 18.2 Å². The predicted octanol–water partition coefficient (Wildman–Crippen LogP) is 1.25. The summed E-state index contributed by atoms with van der Waals surface area (Å²) in [7, 11) is 0. The summed E-state index contributed by atoms with van der Waals surface area (Å²) in [5, 5.41) is 9.61. The van der Waals surface area contributed by atoms with Crippen molar-refractivity contribution >= 4 is 0 Å². The molecule has 3 N–H and O–H groups in total. The maximum absolute atomic E-state index is 9.61. The molecule has 0 radical (unpaired) electrons. The van der Waals surface area contributed by atoms with Crippen LogP contribution in [0, 0.1) is 0 Å². The highest BCUT2D eigenvalue weighted by Crippen LogP contribution is 2.34. The van der Waals surface area contributed by atoms with Crippen LogP contribution in [0.3, 0.4) is 0 Å². The van der Waals surface area contributed by atoms with Gasteiger partial charge >= 0.3 is 0 Å². The van der Waals surface area contributed by atoms with Gasteiger partial charge in [0.2, 0.25) is 0 Å². The zero-order chi connectivity index (χ0) is 10.0. The van der Waals surface area contributed by atoms with E-state index in [9.17, 15) is 5.11 Å². The van der Waals surface area contributed by atoms with Gasteiger partial charge in [0.05, 0.1) is 6.61 Å². The molecule has 0 aliphatic carbocycles. The van der Waals surface area contributed by atoms with E-state index < -0.39 is 5.72 Å². The van der Waals surface area contributed by atoms with Crippen LogP contribution in [-0.4, -0.2) is 11.7 Å². The van der Waals surface area contributed by atoms with Crippen molar-refractivity contribution in [2.45, 2.75) is 18.6 Å². The summed E-state index contributed by atoms with van der Waals surface area (Å²) in [4.78, 5) is 9.91. The second-order valence-electron chi connectivity index (χ2n) is 3.42. The van der Waals surface area contributed by atoms with Crippen LogP contribution >= 0.6 is 0 Å². The Morgan fingerprint density at radius 3 is 2.79 bits per heavy atom. The van der Waals surface area contributed by atoms with Gasteiger partial charge in [0, 0.05) is 5.56 Å². The number of aromatic hydroxyl groups is 1. The van der Waals surface area contributed by atoms with Gasteiger partial charge in [-0.2, -0.15) is 0 Å². The van der Waals surface area contributed by atoms with Crippen LogP contribution in [0.1, 0.15) is 18.4 Å². The first kappa shape index (κ1) is 9.45. The SMILES string of the molecule is NC1(c2ccccc2O)CCCOO1. The quantitative estimate of drug-likeness (QED) is 0.662. The van der Waals surface area contributed by atoms with Crippen molar-refractivity contribution in [1.29, 1.82) is 0 Å². The molecular formula is C10H13NO3. The van der Waals surface area contributed by atoms with E-state index >= 15 is 0 Å². The van der Waals surface area contributed by atoms with Gasteiger partial charge in [-0.05, 0) is 18.9 Å². The lowest BCUT2D eigenvalue weighted by Gasteiger charge is -2.32. The van der Waals surface area contributed by atoms with Crippen molar-refractivity contribution in [2.75, 3.05) is 6.61 Å². The highest BCUT2D eigenvalue weighted by molar-refractivity contribution is 5.36. The Bertz CT molecular complexity index is 321. The van der Waals surface area contributed by atoms with Crippen LogP contribution in [0.5, 0.6) is 5.75 Å². The minimum Gasteiger partial charge on any atom is -0.508 e. The Kier molecular flexibility index (Phi) is 2.41. The molecule has 0 bridgehead atoms. The van der Waals surface area contributed by atoms with Gasteiger partial charge in [-0.3, -0.25) is 5.73 Å². The average molecular weight is 195 g/mol. The maximum atomic E-state index is 9.61. The smallest absolute Gasteiger partial charge is 0.181 e. The third-order valence-corrected chi connectivity index (χ3v) is 2.34. The van der Waals surface area contributed by atoms with E-state index in [1.165, 1.54) is 0 Å². The lowest BCUT2D eigenvalue weighted by atomic mass is 9.97. The van der Waals surface area contributed by atoms with Crippen LogP contribution < -0.4 is 5.73 Å². The second kappa shape index (κ2) is 3.57. The molecule has 1 heterocycles. The molecule has 1 fully saturated rings. The number of para-hydroxylation sites is 1. The number of phenolic OH excluding ortho intramolecular Hbond substituents is 1. The van der Waals surface area contributed by atoms with Gasteiger partial charge in [-0.25, -0.2) is 9.78 Å². The molecule has 0 spiro atoms. The first-order valence-electron chi connectivity index (χ1n) is 4.60. The maximum Gasteiger partial charge on any atom is 0.181 e. The summed E-state index contributed by atoms with van der Waals surface area (Å²) in [5.41, 5.74) is 5.53. The van der Waals surface area contributed by atoms with Crippen molar-refractivity contribution in [1.82, 2.24) is 0 Å². The van der Waals surface area contributed by atoms with E-state index in [0.29, 0.717) is 18.6 Å². The lowest BCUT2D eigenvalue weighted by molar-refractivity contribution is -0.388. The Labute approximate surface area is 82.2 Å². The number of benzene rings is 1. The fourth-order valence-electron chi connectivity index (χ4n) is 1.59. The minimum atomic E-state index is -1.01. The summed E-state index contributed by atoms with van der Waals surface area (Å²) in [5.74, 6) is 0.139. The summed E-state index contributed by atoms with van der Waals surface area (Å²) < 4.78 is 0.